The predicted molar refractivity (Wildman–Crippen MR) is 75.1 cm³/mol. The van der Waals surface area contributed by atoms with Crippen molar-refractivity contribution in [2.75, 3.05) is 47.5 Å². The fourth-order valence-electron chi connectivity index (χ4n) is 1.90. The van der Waals surface area contributed by atoms with Gasteiger partial charge in [-0.2, -0.15) is 0 Å². The molecule has 0 atom stereocenters. The average Bonchev–Trinajstić information content (AvgIpc) is 2.51. The number of carbonyl (C=O) groups is 2. The van der Waals surface area contributed by atoms with E-state index in [1.165, 1.54) is 26.2 Å². The molecular formula is C12H20N4O5. The lowest BCUT2D eigenvalue weighted by Gasteiger charge is -2.33. The Morgan fingerprint density at radius 2 is 1.43 bits per heavy atom. The first-order chi connectivity index (χ1) is 10.0. The third-order valence-electron chi connectivity index (χ3n) is 2.96. The molecule has 118 valence electrons. The van der Waals surface area contributed by atoms with E-state index >= 15 is 0 Å². The molecule has 1 aliphatic heterocycles. The summed E-state index contributed by atoms with van der Waals surface area (Å²) < 4.78 is 4.65. The Morgan fingerprint density at radius 3 is 1.90 bits per heavy atom. The standard InChI is InChI=1S/C12H20N4O5/c1-9(13-20-3)10(14-21-4)11(17)15-5-7-16(8-6-15)12(18)19-2/h5-8H2,1-4H3/b13-9+,14-10+. The van der Waals surface area contributed by atoms with Crippen molar-refractivity contribution in [2.24, 2.45) is 10.3 Å². The van der Waals surface area contributed by atoms with E-state index in [0.717, 1.165) is 0 Å². The molecule has 2 amide bonds. The molecule has 0 bridgehead atoms. The molecule has 9 nitrogen and oxygen atoms in total. The van der Waals surface area contributed by atoms with Gasteiger partial charge < -0.3 is 24.2 Å². The molecule has 0 N–H and O–H groups in total. The summed E-state index contributed by atoms with van der Waals surface area (Å²) in [5.74, 6) is -0.320. The van der Waals surface area contributed by atoms with Crippen molar-refractivity contribution in [3.8, 4) is 0 Å². The lowest BCUT2D eigenvalue weighted by atomic mass is 10.2. The minimum atomic E-state index is -0.398. The summed E-state index contributed by atoms with van der Waals surface area (Å²) in [5, 5.41) is 7.39. The molecule has 0 saturated carbocycles. The highest BCUT2D eigenvalue weighted by Crippen LogP contribution is 2.05. The van der Waals surface area contributed by atoms with Gasteiger partial charge in [-0.25, -0.2) is 4.79 Å². The Morgan fingerprint density at radius 1 is 0.905 bits per heavy atom. The number of methoxy groups -OCH3 is 1. The summed E-state index contributed by atoms with van der Waals surface area (Å²) in [4.78, 5) is 36.2. The Balaban J connectivity index is 2.73. The molecule has 0 aromatic carbocycles. The maximum Gasteiger partial charge on any atom is 0.409 e. The minimum absolute atomic E-state index is 0.0749. The SMILES string of the molecule is CO/N=C(C)/C(=N\OC)C(=O)N1CCN(C(=O)OC)CC1. The summed E-state index contributed by atoms with van der Waals surface area (Å²) >= 11 is 0. The number of amides is 2. The molecular weight excluding hydrogens is 280 g/mol. The summed E-state index contributed by atoms with van der Waals surface area (Å²) in [6.45, 7) is 3.18. The van der Waals surface area contributed by atoms with Crippen LogP contribution in [0.5, 0.6) is 0 Å². The first-order valence-electron chi connectivity index (χ1n) is 6.36. The zero-order chi connectivity index (χ0) is 15.8. The second kappa shape index (κ2) is 8.08. The third kappa shape index (κ3) is 4.33. The van der Waals surface area contributed by atoms with Crippen molar-refractivity contribution in [3.63, 3.8) is 0 Å². The molecule has 1 saturated heterocycles. The van der Waals surface area contributed by atoms with Gasteiger partial charge in [0.05, 0.1) is 7.11 Å². The van der Waals surface area contributed by atoms with Crippen LogP contribution in [-0.4, -0.2) is 80.7 Å². The van der Waals surface area contributed by atoms with Gasteiger partial charge in [-0.1, -0.05) is 10.3 Å². The molecule has 0 unspecified atom stereocenters. The summed E-state index contributed by atoms with van der Waals surface area (Å²) in [6, 6.07) is 0. The van der Waals surface area contributed by atoms with Crippen LogP contribution >= 0.6 is 0 Å². The van der Waals surface area contributed by atoms with Crippen LogP contribution in [0.1, 0.15) is 6.92 Å². The third-order valence-corrected chi connectivity index (χ3v) is 2.96. The maximum absolute atomic E-state index is 12.4. The zero-order valence-corrected chi connectivity index (χ0v) is 12.7. The van der Waals surface area contributed by atoms with Gasteiger partial charge in [0.25, 0.3) is 5.91 Å². The van der Waals surface area contributed by atoms with Crippen molar-refractivity contribution >= 4 is 23.4 Å². The minimum Gasteiger partial charge on any atom is -0.453 e. The second-order valence-electron chi connectivity index (χ2n) is 4.23. The fourth-order valence-corrected chi connectivity index (χ4v) is 1.90. The van der Waals surface area contributed by atoms with Crippen molar-refractivity contribution < 1.29 is 24.0 Å². The van der Waals surface area contributed by atoms with Crippen LogP contribution in [-0.2, 0) is 19.2 Å². The molecule has 0 aromatic rings. The van der Waals surface area contributed by atoms with Gasteiger partial charge in [-0.3, -0.25) is 4.79 Å². The molecule has 0 aliphatic carbocycles. The largest absolute Gasteiger partial charge is 0.453 e. The first kappa shape index (κ1) is 16.7. The smallest absolute Gasteiger partial charge is 0.409 e. The van der Waals surface area contributed by atoms with E-state index in [9.17, 15) is 9.59 Å². The highest BCUT2D eigenvalue weighted by Gasteiger charge is 2.28. The van der Waals surface area contributed by atoms with Crippen LogP contribution in [0.4, 0.5) is 4.79 Å². The molecule has 9 heteroatoms. The number of hydrogen-bond acceptors (Lipinski definition) is 7. The number of nitrogens with zero attached hydrogens (tertiary/aromatic N) is 4. The average molecular weight is 300 g/mol. The molecule has 0 spiro atoms. The number of ether oxygens (including phenoxy) is 1. The Labute approximate surface area is 123 Å². The molecule has 0 radical (unpaired) electrons. The topological polar surface area (TPSA) is 93.0 Å². The Kier molecular flexibility index (Phi) is 6.44. The molecule has 1 aliphatic rings. The van der Waals surface area contributed by atoms with Crippen molar-refractivity contribution in [2.45, 2.75) is 6.92 Å². The lowest BCUT2D eigenvalue weighted by molar-refractivity contribution is -0.125. The van der Waals surface area contributed by atoms with Crippen LogP contribution in [0.2, 0.25) is 0 Å². The molecule has 1 heterocycles. The highest BCUT2D eigenvalue weighted by molar-refractivity contribution is 6.66. The molecule has 1 fully saturated rings. The van der Waals surface area contributed by atoms with Gasteiger partial charge in [-0.15, -0.1) is 0 Å². The monoisotopic (exact) mass is 300 g/mol. The van der Waals surface area contributed by atoms with E-state index in [2.05, 4.69) is 24.7 Å². The van der Waals surface area contributed by atoms with Gasteiger partial charge >= 0.3 is 6.09 Å². The summed E-state index contributed by atoms with van der Waals surface area (Å²) in [6.07, 6.45) is -0.398. The van der Waals surface area contributed by atoms with Crippen LogP contribution in [0.15, 0.2) is 10.3 Å². The summed E-state index contributed by atoms with van der Waals surface area (Å²) in [5.41, 5.74) is 0.394. The number of hydrogen-bond donors (Lipinski definition) is 0. The van der Waals surface area contributed by atoms with Crippen LogP contribution in [0.3, 0.4) is 0 Å². The zero-order valence-electron chi connectivity index (χ0n) is 12.7. The lowest BCUT2D eigenvalue weighted by Crippen LogP contribution is -2.52. The van der Waals surface area contributed by atoms with Crippen molar-refractivity contribution in [1.82, 2.24) is 9.80 Å². The number of oxime groups is 2. The summed E-state index contributed by atoms with van der Waals surface area (Å²) in [7, 11) is 4.06. The van der Waals surface area contributed by atoms with E-state index in [-0.39, 0.29) is 11.6 Å². The Hall–Kier alpha value is -2.32. The van der Waals surface area contributed by atoms with Crippen LogP contribution < -0.4 is 0 Å². The first-order valence-corrected chi connectivity index (χ1v) is 6.36. The number of piperazine rings is 1. The van der Waals surface area contributed by atoms with E-state index in [1.807, 2.05) is 0 Å². The van der Waals surface area contributed by atoms with Crippen molar-refractivity contribution in [1.29, 1.82) is 0 Å². The van der Waals surface area contributed by atoms with E-state index in [0.29, 0.717) is 31.9 Å². The quantitative estimate of drug-likeness (QED) is 0.535. The van der Waals surface area contributed by atoms with E-state index in [1.54, 1.807) is 11.8 Å². The van der Waals surface area contributed by atoms with Crippen LogP contribution in [0.25, 0.3) is 0 Å². The van der Waals surface area contributed by atoms with Gasteiger partial charge in [0.15, 0.2) is 5.71 Å². The van der Waals surface area contributed by atoms with Crippen LogP contribution in [0, 0.1) is 0 Å². The highest BCUT2D eigenvalue weighted by atomic mass is 16.6. The van der Waals surface area contributed by atoms with Gasteiger partial charge in [0.1, 0.15) is 19.9 Å². The Bertz CT molecular complexity index is 441. The number of rotatable bonds is 4. The fraction of sp³-hybridized carbons (Fsp3) is 0.667. The second-order valence-corrected chi connectivity index (χ2v) is 4.23. The maximum atomic E-state index is 12.4. The number of carbonyl (C=O) groups excluding carboxylic acids is 2. The predicted octanol–water partition coefficient (Wildman–Crippen LogP) is -0.0783. The van der Waals surface area contributed by atoms with Gasteiger partial charge in [0.2, 0.25) is 0 Å². The van der Waals surface area contributed by atoms with E-state index < -0.39 is 6.09 Å². The van der Waals surface area contributed by atoms with Gasteiger partial charge in [0, 0.05) is 26.2 Å². The molecule has 21 heavy (non-hydrogen) atoms. The molecule has 0 aromatic heterocycles. The van der Waals surface area contributed by atoms with E-state index in [4.69, 9.17) is 0 Å². The van der Waals surface area contributed by atoms with Gasteiger partial charge in [-0.05, 0) is 6.92 Å². The normalized spacial score (nSPS) is 16.6. The molecule has 1 rings (SSSR count). The van der Waals surface area contributed by atoms with Crippen molar-refractivity contribution in [3.05, 3.63) is 0 Å².